The van der Waals surface area contributed by atoms with E-state index in [2.05, 4.69) is 36.0 Å². The lowest BCUT2D eigenvalue weighted by molar-refractivity contribution is -0.192. The molecule has 2 aliphatic rings. The predicted molar refractivity (Wildman–Crippen MR) is 116 cm³/mol. The van der Waals surface area contributed by atoms with Crippen molar-refractivity contribution in [2.24, 2.45) is 5.41 Å². The number of carboxylic acids is 1. The largest absolute Gasteiger partial charge is 0.490 e. The predicted octanol–water partition coefficient (Wildman–Crippen LogP) is 2.67. The summed E-state index contributed by atoms with van der Waals surface area (Å²) < 4.78 is 33.8. The van der Waals surface area contributed by atoms with E-state index in [0.29, 0.717) is 12.4 Å². The molecule has 1 amide bonds. The molecule has 34 heavy (non-hydrogen) atoms. The van der Waals surface area contributed by atoms with Gasteiger partial charge in [0.1, 0.15) is 5.82 Å². The van der Waals surface area contributed by atoms with Crippen molar-refractivity contribution < 1.29 is 27.9 Å². The van der Waals surface area contributed by atoms with Gasteiger partial charge in [-0.05, 0) is 55.8 Å². The number of aliphatic carboxylic acids is 1. The van der Waals surface area contributed by atoms with Crippen LogP contribution in [-0.2, 0) is 24.3 Å². The van der Waals surface area contributed by atoms with Crippen LogP contribution in [0.25, 0.3) is 0 Å². The number of hydrogen-bond acceptors (Lipinski definition) is 6. The third kappa shape index (κ3) is 6.52. The molecule has 0 bridgehead atoms. The van der Waals surface area contributed by atoms with Crippen molar-refractivity contribution in [3.8, 4) is 0 Å². The van der Waals surface area contributed by atoms with E-state index in [-0.39, 0.29) is 11.3 Å². The summed E-state index contributed by atoms with van der Waals surface area (Å²) >= 11 is 0. The highest BCUT2D eigenvalue weighted by Gasteiger charge is 2.40. The molecule has 1 saturated heterocycles. The molecule has 2 aromatic rings. The average molecular weight is 483 g/mol. The smallest absolute Gasteiger partial charge is 0.475 e. The molecular weight excluding hydrogens is 453 g/mol. The van der Waals surface area contributed by atoms with Gasteiger partial charge in [-0.15, -0.1) is 10.2 Å². The van der Waals surface area contributed by atoms with Crippen LogP contribution in [0.2, 0.25) is 0 Å². The molecule has 2 N–H and O–H groups in total. The molecule has 0 unspecified atom stereocenters. The van der Waals surface area contributed by atoms with Gasteiger partial charge in [-0.25, -0.2) is 4.79 Å². The average Bonchev–Trinajstić information content (AvgIpc) is 3.22. The summed E-state index contributed by atoms with van der Waals surface area (Å²) in [5.41, 5.74) is 1.54. The van der Waals surface area contributed by atoms with Crippen LogP contribution in [0.4, 0.5) is 13.2 Å². The number of likely N-dealkylation sites (tertiary alicyclic amines) is 1. The highest BCUT2D eigenvalue weighted by Crippen LogP contribution is 2.41. The minimum Gasteiger partial charge on any atom is -0.475 e. The number of nitrogens with one attached hydrogen (secondary N) is 1. The Morgan fingerprint density at radius 1 is 1.21 bits per heavy atom. The Labute approximate surface area is 195 Å². The van der Waals surface area contributed by atoms with Gasteiger partial charge in [0.25, 0.3) is 5.91 Å². The minimum atomic E-state index is -5.08. The molecule has 0 aliphatic carbocycles. The van der Waals surface area contributed by atoms with Crippen LogP contribution in [0.5, 0.6) is 0 Å². The van der Waals surface area contributed by atoms with E-state index in [4.69, 9.17) is 9.90 Å². The summed E-state index contributed by atoms with van der Waals surface area (Å²) in [7, 11) is 0. The van der Waals surface area contributed by atoms with Crippen LogP contribution >= 0.6 is 0 Å². The van der Waals surface area contributed by atoms with E-state index in [1.807, 2.05) is 25.4 Å². The van der Waals surface area contributed by atoms with Crippen LogP contribution in [0.15, 0.2) is 24.5 Å². The number of halogens is 3. The summed E-state index contributed by atoms with van der Waals surface area (Å²) in [6.07, 6.45) is 3.97. The summed E-state index contributed by atoms with van der Waals surface area (Å²) in [5, 5.41) is 18.5. The van der Waals surface area contributed by atoms with Crippen molar-refractivity contribution in [3.63, 3.8) is 0 Å². The number of aromatic nitrogens is 4. The highest BCUT2D eigenvalue weighted by molar-refractivity contribution is 5.90. The molecule has 0 saturated carbocycles. The Morgan fingerprint density at radius 3 is 2.50 bits per heavy atom. The SMILES string of the molecule is CCCNC(=O)c1nnc2n1CC1(CC2)CCN(Cc2cccnc2)CC1.O=C(O)C(F)(F)F. The number of carboxylic acid groups (broad SMARTS) is 1. The number of alkyl halides is 3. The van der Waals surface area contributed by atoms with Gasteiger partial charge in [0.05, 0.1) is 0 Å². The van der Waals surface area contributed by atoms with Crippen molar-refractivity contribution in [2.45, 2.75) is 58.3 Å². The van der Waals surface area contributed by atoms with Crippen molar-refractivity contribution >= 4 is 11.9 Å². The van der Waals surface area contributed by atoms with Crippen LogP contribution in [0.1, 0.15) is 54.6 Å². The number of hydrogen-bond donors (Lipinski definition) is 2. The van der Waals surface area contributed by atoms with Crippen molar-refractivity contribution in [2.75, 3.05) is 19.6 Å². The second-order valence-corrected chi connectivity index (χ2v) is 8.72. The third-order valence-electron chi connectivity index (χ3n) is 6.23. The van der Waals surface area contributed by atoms with Crippen LogP contribution in [-0.4, -0.2) is 67.4 Å². The maximum absolute atomic E-state index is 12.4. The number of pyridine rings is 1. The van der Waals surface area contributed by atoms with Crippen LogP contribution < -0.4 is 5.32 Å². The molecular formula is C22H29F3N6O3. The zero-order valence-electron chi connectivity index (χ0n) is 19.0. The Bertz CT molecular complexity index is 972. The van der Waals surface area contributed by atoms with Gasteiger partial charge in [0.2, 0.25) is 5.82 Å². The lowest BCUT2D eigenvalue weighted by atomic mass is 9.73. The molecule has 0 atom stereocenters. The Morgan fingerprint density at radius 2 is 1.91 bits per heavy atom. The number of rotatable bonds is 5. The summed E-state index contributed by atoms with van der Waals surface area (Å²) in [6.45, 7) is 6.73. The first-order valence-corrected chi connectivity index (χ1v) is 11.3. The Kier molecular flexibility index (Phi) is 8.24. The number of amides is 1. The van der Waals surface area contributed by atoms with E-state index in [1.54, 1.807) is 0 Å². The molecule has 12 heteroatoms. The first-order chi connectivity index (χ1) is 16.1. The maximum atomic E-state index is 12.4. The van der Waals surface area contributed by atoms with Gasteiger partial charge in [-0.3, -0.25) is 14.7 Å². The first-order valence-electron chi connectivity index (χ1n) is 11.3. The highest BCUT2D eigenvalue weighted by atomic mass is 19.4. The van der Waals surface area contributed by atoms with Crippen LogP contribution in [0, 0.1) is 5.41 Å². The molecule has 2 aromatic heterocycles. The van der Waals surface area contributed by atoms with Crippen molar-refractivity contribution in [3.05, 3.63) is 41.7 Å². The molecule has 4 rings (SSSR count). The Balaban J connectivity index is 0.000000406. The van der Waals surface area contributed by atoms with E-state index >= 15 is 0 Å². The molecule has 9 nitrogen and oxygen atoms in total. The number of fused-ring (bicyclic) bond motifs is 1. The van der Waals surface area contributed by atoms with Gasteiger partial charge in [-0.1, -0.05) is 13.0 Å². The monoisotopic (exact) mass is 482 g/mol. The second kappa shape index (κ2) is 10.9. The van der Waals surface area contributed by atoms with Crippen LogP contribution in [0.3, 0.4) is 0 Å². The number of aryl methyl sites for hydroxylation is 1. The molecule has 0 radical (unpaired) electrons. The minimum absolute atomic E-state index is 0.0957. The van der Waals surface area contributed by atoms with E-state index < -0.39 is 12.1 Å². The lowest BCUT2D eigenvalue weighted by Gasteiger charge is -2.44. The normalized spacial score (nSPS) is 17.4. The summed E-state index contributed by atoms with van der Waals surface area (Å²) in [5.74, 6) is -1.41. The lowest BCUT2D eigenvalue weighted by Crippen LogP contribution is -2.44. The second-order valence-electron chi connectivity index (χ2n) is 8.72. The fourth-order valence-corrected chi connectivity index (χ4v) is 4.31. The van der Waals surface area contributed by atoms with Gasteiger partial charge in [0.15, 0.2) is 0 Å². The quantitative estimate of drug-likeness (QED) is 0.674. The molecule has 1 fully saturated rings. The molecule has 1 spiro atoms. The van der Waals surface area contributed by atoms with E-state index in [0.717, 1.165) is 64.1 Å². The Hall–Kier alpha value is -3.02. The van der Waals surface area contributed by atoms with Crippen molar-refractivity contribution in [1.29, 1.82) is 0 Å². The first kappa shape index (κ1) is 25.6. The molecule has 0 aromatic carbocycles. The number of carbonyl (C=O) groups is 2. The fraction of sp³-hybridized carbons (Fsp3) is 0.591. The summed E-state index contributed by atoms with van der Waals surface area (Å²) in [4.78, 5) is 28.0. The molecule has 186 valence electrons. The zero-order valence-corrected chi connectivity index (χ0v) is 19.0. The summed E-state index contributed by atoms with van der Waals surface area (Å²) in [6, 6.07) is 4.14. The fourth-order valence-electron chi connectivity index (χ4n) is 4.31. The van der Waals surface area contributed by atoms with E-state index in [9.17, 15) is 18.0 Å². The van der Waals surface area contributed by atoms with E-state index in [1.165, 1.54) is 5.56 Å². The molecule has 2 aliphatic heterocycles. The van der Waals surface area contributed by atoms with Gasteiger partial charge >= 0.3 is 12.1 Å². The maximum Gasteiger partial charge on any atom is 0.490 e. The standard InChI is InChI=1S/C20H28N6O.C2HF3O2/c1-2-9-22-19(27)18-24-23-17-5-6-20(15-26(17)18)7-11-25(12-8-20)14-16-4-3-10-21-13-16;3-2(4,5)1(6)7/h3-4,10,13H,2,5-9,11-12,14-15H2,1H3,(H,22,27);(H,6,7). The van der Waals surface area contributed by atoms with Gasteiger partial charge in [-0.2, -0.15) is 13.2 Å². The van der Waals surface area contributed by atoms with Gasteiger partial charge in [0, 0.05) is 38.4 Å². The number of piperidine rings is 1. The number of carbonyl (C=O) groups excluding carboxylic acids is 1. The van der Waals surface area contributed by atoms with Crippen molar-refractivity contribution in [1.82, 2.24) is 30.0 Å². The number of nitrogens with zero attached hydrogens (tertiary/aromatic N) is 5. The topological polar surface area (TPSA) is 113 Å². The zero-order chi connectivity index (χ0) is 24.8. The molecule has 4 heterocycles. The van der Waals surface area contributed by atoms with Gasteiger partial charge < -0.3 is 15.0 Å². The third-order valence-corrected chi connectivity index (χ3v) is 6.23.